The van der Waals surface area contributed by atoms with Gasteiger partial charge in [0.25, 0.3) is 0 Å². The lowest BCUT2D eigenvalue weighted by molar-refractivity contribution is -0.115. The number of hydrogen-bond donors (Lipinski definition) is 3. The minimum absolute atomic E-state index is 0.0892. The van der Waals surface area contributed by atoms with Crippen molar-refractivity contribution in [2.45, 2.75) is 13.0 Å². The van der Waals surface area contributed by atoms with Gasteiger partial charge >= 0.3 is 0 Å². The first-order valence-corrected chi connectivity index (χ1v) is 8.67. The Morgan fingerprint density at radius 2 is 1.78 bits per heavy atom. The summed E-state index contributed by atoms with van der Waals surface area (Å²) in [5.41, 5.74) is 10.9. The Labute approximate surface area is 156 Å². The van der Waals surface area contributed by atoms with E-state index in [1.165, 1.54) is 0 Å². The van der Waals surface area contributed by atoms with E-state index in [-0.39, 0.29) is 5.91 Å². The largest absolute Gasteiger partial charge is 0.346 e. The molecule has 27 heavy (non-hydrogen) atoms. The van der Waals surface area contributed by atoms with Gasteiger partial charge in [-0.1, -0.05) is 24.3 Å². The number of anilines is 1. The van der Waals surface area contributed by atoms with E-state index in [2.05, 4.69) is 20.3 Å². The van der Waals surface area contributed by atoms with Crippen LogP contribution in [0.4, 0.5) is 5.69 Å². The predicted molar refractivity (Wildman–Crippen MR) is 106 cm³/mol. The third kappa shape index (κ3) is 3.86. The summed E-state index contributed by atoms with van der Waals surface area (Å²) in [6, 6.07) is 13.6. The molecule has 3 aromatic heterocycles. The number of fused-ring (bicyclic) bond motifs is 1. The van der Waals surface area contributed by atoms with Gasteiger partial charge in [-0.2, -0.15) is 0 Å². The van der Waals surface area contributed by atoms with Crippen LogP contribution in [0, 0.1) is 0 Å². The van der Waals surface area contributed by atoms with Crippen molar-refractivity contribution in [1.82, 2.24) is 15.0 Å². The summed E-state index contributed by atoms with van der Waals surface area (Å²) in [4.78, 5) is 24.1. The van der Waals surface area contributed by atoms with E-state index in [0.717, 1.165) is 33.3 Å². The van der Waals surface area contributed by atoms with E-state index in [9.17, 15) is 4.79 Å². The number of hydrogen-bond acceptors (Lipinski definition) is 4. The lowest BCUT2D eigenvalue weighted by Gasteiger charge is -2.08. The van der Waals surface area contributed by atoms with Gasteiger partial charge in [-0.25, -0.2) is 4.98 Å². The summed E-state index contributed by atoms with van der Waals surface area (Å²) in [5, 5.41) is 3.94. The van der Waals surface area contributed by atoms with Crippen molar-refractivity contribution in [3.05, 3.63) is 78.4 Å². The van der Waals surface area contributed by atoms with Crippen LogP contribution in [0.5, 0.6) is 0 Å². The number of amides is 1. The zero-order chi connectivity index (χ0) is 18.6. The number of nitrogens with one attached hydrogen (secondary N) is 2. The molecule has 6 nitrogen and oxygen atoms in total. The van der Waals surface area contributed by atoms with Gasteiger partial charge in [0.2, 0.25) is 5.91 Å². The predicted octanol–water partition coefficient (Wildman–Crippen LogP) is 3.26. The van der Waals surface area contributed by atoms with Gasteiger partial charge < -0.3 is 16.0 Å². The fourth-order valence-corrected chi connectivity index (χ4v) is 2.95. The molecule has 0 aliphatic rings. The number of aromatic nitrogens is 3. The molecule has 4 aromatic rings. The number of carbonyl (C=O) groups is 1. The maximum absolute atomic E-state index is 12.3. The molecule has 0 saturated heterocycles. The van der Waals surface area contributed by atoms with Crippen LogP contribution in [-0.2, 0) is 17.8 Å². The van der Waals surface area contributed by atoms with E-state index in [4.69, 9.17) is 5.73 Å². The number of pyridine rings is 2. The molecule has 0 radical (unpaired) electrons. The molecule has 0 saturated carbocycles. The molecule has 0 fully saturated rings. The minimum atomic E-state index is -0.0892. The Morgan fingerprint density at radius 3 is 2.59 bits per heavy atom. The van der Waals surface area contributed by atoms with Crippen LogP contribution >= 0.6 is 0 Å². The van der Waals surface area contributed by atoms with E-state index >= 15 is 0 Å². The van der Waals surface area contributed by atoms with Crippen molar-refractivity contribution in [3.63, 3.8) is 0 Å². The molecule has 4 N–H and O–H groups in total. The second kappa shape index (κ2) is 7.39. The molecule has 1 aromatic carbocycles. The highest BCUT2D eigenvalue weighted by atomic mass is 16.1. The summed E-state index contributed by atoms with van der Waals surface area (Å²) in [7, 11) is 0. The van der Waals surface area contributed by atoms with E-state index in [0.29, 0.717) is 18.7 Å². The van der Waals surface area contributed by atoms with E-state index in [1.54, 1.807) is 18.6 Å². The van der Waals surface area contributed by atoms with Gasteiger partial charge in [0.15, 0.2) is 0 Å². The molecule has 0 aliphatic carbocycles. The van der Waals surface area contributed by atoms with Crippen molar-refractivity contribution >= 4 is 22.6 Å². The summed E-state index contributed by atoms with van der Waals surface area (Å²) in [6.07, 6.45) is 7.35. The highest BCUT2D eigenvalue weighted by Crippen LogP contribution is 2.24. The zero-order valence-corrected chi connectivity index (χ0v) is 14.6. The number of nitrogens with two attached hydrogens (primary N) is 1. The fraction of sp³-hybridized carbons (Fsp3) is 0.0952. The van der Waals surface area contributed by atoms with Crippen LogP contribution in [0.3, 0.4) is 0 Å². The average molecular weight is 357 g/mol. The van der Waals surface area contributed by atoms with Gasteiger partial charge in [0.05, 0.1) is 18.3 Å². The van der Waals surface area contributed by atoms with Crippen molar-refractivity contribution in [1.29, 1.82) is 0 Å². The first-order valence-electron chi connectivity index (χ1n) is 8.67. The molecular formula is C21H19N5O. The highest BCUT2D eigenvalue weighted by molar-refractivity contribution is 5.93. The third-order valence-corrected chi connectivity index (χ3v) is 4.38. The van der Waals surface area contributed by atoms with Crippen LogP contribution in [0.15, 0.2) is 67.3 Å². The topological polar surface area (TPSA) is 96.7 Å². The van der Waals surface area contributed by atoms with Crippen LogP contribution in [-0.4, -0.2) is 20.9 Å². The van der Waals surface area contributed by atoms with Crippen LogP contribution in [0.1, 0.15) is 11.1 Å². The number of H-pyrrole nitrogens is 1. The highest BCUT2D eigenvalue weighted by Gasteiger charge is 2.07. The smallest absolute Gasteiger partial charge is 0.228 e. The monoisotopic (exact) mass is 357 g/mol. The molecule has 0 atom stereocenters. The molecule has 0 unspecified atom stereocenters. The quantitative estimate of drug-likeness (QED) is 0.511. The lowest BCUT2D eigenvalue weighted by Crippen LogP contribution is -2.14. The average Bonchev–Trinajstić information content (AvgIpc) is 3.16. The summed E-state index contributed by atoms with van der Waals surface area (Å²) in [6.45, 7) is 0.494. The molecule has 3 heterocycles. The van der Waals surface area contributed by atoms with Crippen molar-refractivity contribution in [3.8, 4) is 11.1 Å². The van der Waals surface area contributed by atoms with Gasteiger partial charge in [-0.15, -0.1) is 0 Å². The number of aromatic amines is 1. The number of carbonyl (C=O) groups excluding carboxylic acids is 1. The molecule has 0 aliphatic heterocycles. The Hall–Kier alpha value is -3.51. The molecule has 6 heteroatoms. The van der Waals surface area contributed by atoms with Gasteiger partial charge in [0, 0.05) is 41.6 Å². The molecule has 1 amide bonds. The van der Waals surface area contributed by atoms with E-state index < -0.39 is 0 Å². The third-order valence-electron chi connectivity index (χ3n) is 4.38. The SMILES string of the molecule is NCc1ccc(CC(=O)Nc2cncc(-c3cnc4[nH]ccc4c3)c2)cc1. The van der Waals surface area contributed by atoms with Crippen LogP contribution < -0.4 is 11.1 Å². The van der Waals surface area contributed by atoms with E-state index in [1.807, 2.05) is 48.7 Å². The second-order valence-electron chi connectivity index (χ2n) is 6.35. The van der Waals surface area contributed by atoms with Gasteiger partial charge in [-0.3, -0.25) is 9.78 Å². The molecule has 4 rings (SSSR count). The summed E-state index contributed by atoms with van der Waals surface area (Å²) < 4.78 is 0. The Kier molecular flexibility index (Phi) is 4.63. The first-order chi connectivity index (χ1) is 13.2. The van der Waals surface area contributed by atoms with Crippen LogP contribution in [0.25, 0.3) is 22.2 Å². The maximum Gasteiger partial charge on any atom is 0.228 e. The zero-order valence-electron chi connectivity index (χ0n) is 14.6. The Balaban J connectivity index is 1.49. The summed E-state index contributed by atoms with van der Waals surface area (Å²) in [5.74, 6) is -0.0892. The Bertz CT molecular complexity index is 1090. The molecule has 134 valence electrons. The standard InChI is InChI=1S/C21H19N5O/c22-10-15-3-1-14(2-4-15)7-20(27)26-19-9-18(11-23-13-19)17-8-16-5-6-24-21(16)25-12-17/h1-6,8-9,11-13H,7,10,22H2,(H,24,25)(H,26,27). The van der Waals surface area contributed by atoms with Gasteiger partial charge in [-0.05, 0) is 29.3 Å². The fourth-order valence-electron chi connectivity index (χ4n) is 2.95. The van der Waals surface area contributed by atoms with Crippen molar-refractivity contribution in [2.24, 2.45) is 5.73 Å². The molecule has 0 bridgehead atoms. The summed E-state index contributed by atoms with van der Waals surface area (Å²) >= 11 is 0. The number of nitrogens with zero attached hydrogens (tertiary/aromatic N) is 2. The van der Waals surface area contributed by atoms with Crippen molar-refractivity contribution < 1.29 is 4.79 Å². The number of rotatable bonds is 5. The van der Waals surface area contributed by atoms with Gasteiger partial charge in [0.1, 0.15) is 5.65 Å². The van der Waals surface area contributed by atoms with Crippen molar-refractivity contribution in [2.75, 3.05) is 5.32 Å². The van der Waals surface area contributed by atoms with Crippen LogP contribution in [0.2, 0.25) is 0 Å². The molecular weight excluding hydrogens is 338 g/mol. The second-order valence-corrected chi connectivity index (χ2v) is 6.35. The Morgan fingerprint density at radius 1 is 1.00 bits per heavy atom. The first kappa shape index (κ1) is 16.9. The minimum Gasteiger partial charge on any atom is -0.346 e. The lowest BCUT2D eigenvalue weighted by atomic mass is 10.1. The number of benzene rings is 1. The maximum atomic E-state index is 12.3. The normalized spacial score (nSPS) is 10.9. The molecule has 0 spiro atoms.